The molecule has 1 heterocycles. The van der Waals surface area contributed by atoms with Gasteiger partial charge in [-0.2, -0.15) is 0 Å². The van der Waals surface area contributed by atoms with E-state index in [0.717, 1.165) is 50.0 Å². The summed E-state index contributed by atoms with van der Waals surface area (Å²) in [6.07, 6.45) is 8.05. The molecule has 1 aliphatic rings. The molecule has 4 nitrogen and oxygen atoms in total. The van der Waals surface area contributed by atoms with Crippen LogP contribution in [0, 0.1) is 0 Å². The third-order valence-electron chi connectivity index (χ3n) is 4.54. The Hall–Kier alpha value is -1.29. The van der Waals surface area contributed by atoms with Gasteiger partial charge >= 0.3 is 0 Å². The number of amides is 1. The highest BCUT2D eigenvalue weighted by atomic mass is 16.3. The molecule has 0 bridgehead atoms. The Morgan fingerprint density at radius 2 is 2.05 bits per heavy atom. The van der Waals surface area contributed by atoms with Crippen LogP contribution in [0.25, 0.3) is 0 Å². The minimum atomic E-state index is 0.102. The predicted octanol–water partition coefficient (Wildman–Crippen LogP) is 3.22. The second-order valence-electron chi connectivity index (χ2n) is 5.99. The SMILES string of the molecule is CCCNC1CCC(N(C)C(=O)c2ccoc2CC)CC1. The minimum absolute atomic E-state index is 0.102. The first-order chi connectivity index (χ1) is 10.2. The van der Waals surface area contributed by atoms with Crippen molar-refractivity contribution >= 4 is 5.91 Å². The third-order valence-corrected chi connectivity index (χ3v) is 4.54. The van der Waals surface area contributed by atoms with Gasteiger partial charge in [0.05, 0.1) is 11.8 Å². The number of nitrogens with one attached hydrogen (secondary N) is 1. The van der Waals surface area contributed by atoms with Crippen LogP contribution >= 0.6 is 0 Å². The van der Waals surface area contributed by atoms with E-state index in [0.29, 0.717) is 12.1 Å². The normalized spacial score (nSPS) is 22.2. The molecule has 1 aromatic rings. The molecule has 21 heavy (non-hydrogen) atoms. The summed E-state index contributed by atoms with van der Waals surface area (Å²) in [7, 11) is 1.93. The molecule has 0 saturated heterocycles. The Morgan fingerprint density at radius 1 is 1.33 bits per heavy atom. The molecular formula is C17H28N2O2. The summed E-state index contributed by atoms with van der Waals surface area (Å²) in [6, 6.07) is 2.79. The van der Waals surface area contributed by atoms with E-state index in [1.807, 2.05) is 18.9 Å². The summed E-state index contributed by atoms with van der Waals surface area (Å²) >= 11 is 0. The molecule has 0 spiro atoms. The number of rotatable bonds is 6. The lowest BCUT2D eigenvalue weighted by molar-refractivity contribution is 0.0682. The Morgan fingerprint density at radius 3 is 2.67 bits per heavy atom. The second kappa shape index (κ2) is 7.64. The molecule has 1 amide bonds. The van der Waals surface area contributed by atoms with Crippen LogP contribution < -0.4 is 5.32 Å². The molecule has 1 aromatic heterocycles. The van der Waals surface area contributed by atoms with E-state index in [9.17, 15) is 4.79 Å². The number of carbonyl (C=O) groups excluding carboxylic acids is 1. The van der Waals surface area contributed by atoms with Gasteiger partial charge in [-0.05, 0) is 44.7 Å². The molecule has 0 radical (unpaired) electrons. The number of hydrogen-bond donors (Lipinski definition) is 1. The number of hydrogen-bond acceptors (Lipinski definition) is 3. The van der Waals surface area contributed by atoms with Crippen LogP contribution in [0.4, 0.5) is 0 Å². The average Bonchev–Trinajstić information content (AvgIpc) is 3.00. The zero-order chi connectivity index (χ0) is 15.2. The zero-order valence-corrected chi connectivity index (χ0v) is 13.5. The van der Waals surface area contributed by atoms with E-state index < -0.39 is 0 Å². The lowest BCUT2D eigenvalue weighted by atomic mass is 9.90. The van der Waals surface area contributed by atoms with Crippen molar-refractivity contribution in [3.8, 4) is 0 Å². The molecule has 4 heteroatoms. The van der Waals surface area contributed by atoms with E-state index in [2.05, 4.69) is 12.2 Å². The molecule has 0 aliphatic heterocycles. The highest BCUT2D eigenvalue weighted by Gasteiger charge is 2.28. The van der Waals surface area contributed by atoms with E-state index in [1.165, 1.54) is 6.42 Å². The fourth-order valence-corrected chi connectivity index (χ4v) is 3.18. The molecule has 1 fully saturated rings. The molecule has 1 aliphatic carbocycles. The highest BCUT2D eigenvalue weighted by Crippen LogP contribution is 2.24. The van der Waals surface area contributed by atoms with Gasteiger partial charge in [0.25, 0.3) is 5.91 Å². The first kappa shape index (κ1) is 16.1. The lowest BCUT2D eigenvalue weighted by Gasteiger charge is -2.35. The van der Waals surface area contributed by atoms with E-state index >= 15 is 0 Å². The molecule has 1 N–H and O–H groups in total. The highest BCUT2D eigenvalue weighted by molar-refractivity contribution is 5.95. The first-order valence-corrected chi connectivity index (χ1v) is 8.24. The number of aryl methyl sites for hydroxylation is 1. The quantitative estimate of drug-likeness (QED) is 0.875. The maximum atomic E-state index is 12.6. The van der Waals surface area contributed by atoms with Gasteiger partial charge in [-0.3, -0.25) is 4.79 Å². The van der Waals surface area contributed by atoms with Crippen molar-refractivity contribution in [1.82, 2.24) is 10.2 Å². The van der Waals surface area contributed by atoms with Crippen molar-refractivity contribution < 1.29 is 9.21 Å². The van der Waals surface area contributed by atoms with Gasteiger partial charge in [-0.1, -0.05) is 13.8 Å². The maximum absolute atomic E-state index is 12.6. The number of furan rings is 1. The summed E-state index contributed by atoms with van der Waals surface area (Å²) in [5, 5.41) is 3.59. The van der Waals surface area contributed by atoms with Gasteiger partial charge in [-0.15, -0.1) is 0 Å². The fourth-order valence-electron chi connectivity index (χ4n) is 3.18. The monoisotopic (exact) mass is 292 g/mol. The molecule has 118 valence electrons. The van der Waals surface area contributed by atoms with E-state index in [-0.39, 0.29) is 5.91 Å². The van der Waals surface area contributed by atoms with Gasteiger partial charge in [0.2, 0.25) is 0 Å². The minimum Gasteiger partial charge on any atom is -0.469 e. The van der Waals surface area contributed by atoms with Crippen LogP contribution in [0.2, 0.25) is 0 Å². The van der Waals surface area contributed by atoms with Gasteiger partial charge in [0, 0.05) is 25.6 Å². The van der Waals surface area contributed by atoms with Crippen LogP contribution in [0.5, 0.6) is 0 Å². The third kappa shape index (κ3) is 3.88. The zero-order valence-electron chi connectivity index (χ0n) is 13.5. The van der Waals surface area contributed by atoms with Gasteiger partial charge in [0.15, 0.2) is 0 Å². The second-order valence-corrected chi connectivity index (χ2v) is 5.99. The summed E-state index contributed by atoms with van der Waals surface area (Å²) in [6.45, 7) is 5.31. The summed E-state index contributed by atoms with van der Waals surface area (Å²) in [5.41, 5.74) is 0.728. The van der Waals surface area contributed by atoms with Gasteiger partial charge in [-0.25, -0.2) is 0 Å². The standard InChI is InChI=1S/C17H28N2O2/c1-4-11-18-13-6-8-14(9-7-13)19(3)17(20)15-10-12-21-16(15)5-2/h10,12-14,18H,4-9,11H2,1-3H3. The van der Waals surface area contributed by atoms with E-state index in [1.54, 1.807) is 12.3 Å². The van der Waals surface area contributed by atoms with Crippen molar-refractivity contribution in [2.75, 3.05) is 13.6 Å². The fraction of sp³-hybridized carbons (Fsp3) is 0.706. The molecule has 1 saturated carbocycles. The first-order valence-electron chi connectivity index (χ1n) is 8.24. The Labute approximate surface area is 127 Å². The molecular weight excluding hydrogens is 264 g/mol. The summed E-state index contributed by atoms with van der Waals surface area (Å²) in [4.78, 5) is 14.5. The van der Waals surface area contributed by atoms with Crippen LogP contribution in [0.3, 0.4) is 0 Å². The number of carbonyl (C=O) groups is 1. The molecule has 0 unspecified atom stereocenters. The predicted molar refractivity (Wildman–Crippen MR) is 84.5 cm³/mol. The van der Waals surface area contributed by atoms with Crippen molar-refractivity contribution in [2.45, 2.75) is 64.5 Å². The molecule has 0 aromatic carbocycles. The Bertz CT molecular complexity index is 447. The van der Waals surface area contributed by atoms with Crippen LogP contribution in [-0.2, 0) is 6.42 Å². The van der Waals surface area contributed by atoms with Crippen LogP contribution in [-0.4, -0.2) is 36.5 Å². The Kier molecular flexibility index (Phi) is 5.85. The van der Waals surface area contributed by atoms with Crippen molar-refractivity contribution in [3.63, 3.8) is 0 Å². The summed E-state index contributed by atoms with van der Waals surface area (Å²) in [5.74, 6) is 0.899. The van der Waals surface area contributed by atoms with Crippen molar-refractivity contribution in [1.29, 1.82) is 0 Å². The molecule has 2 rings (SSSR count). The Balaban J connectivity index is 1.89. The smallest absolute Gasteiger partial charge is 0.257 e. The molecule has 0 atom stereocenters. The van der Waals surface area contributed by atoms with Crippen molar-refractivity contribution in [3.05, 3.63) is 23.7 Å². The van der Waals surface area contributed by atoms with Crippen LogP contribution in [0.1, 0.15) is 62.1 Å². The average molecular weight is 292 g/mol. The topological polar surface area (TPSA) is 45.5 Å². The lowest BCUT2D eigenvalue weighted by Crippen LogP contribution is -2.43. The summed E-state index contributed by atoms with van der Waals surface area (Å²) < 4.78 is 5.38. The maximum Gasteiger partial charge on any atom is 0.257 e. The van der Waals surface area contributed by atoms with Crippen molar-refractivity contribution in [2.24, 2.45) is 0 Å². The van der Waals surface area contributed by atoms with E-state index in [4.69, 9.17) is 4.42 Å². The largest absolute Gasteiger partial charge is 0.469 e. The van der Waals surface area contributed by atoms with Gasteiger partial charge < -0.3 is 14.6 Å². The number of nitrogens with zero attached hydrogens (tertiary/aromatic N) is 1. The van der Waals surface area contributed by atoms with Crippen LogP contribution in [0.15, 0.2) is 16.7 Å². The van der Waals surface area contributed by atoms with Gasteiger partial charge in [0.1, 0.15) is 5.76 Å².